The zero-order valence-electron chi connectivity index (χ0n) is 14.9. The van der Waals surface area contributed by atoms with Gasteiger partial charge >= 0.3 is 0 Å². The van der Waals surface area contributed by atoms with Crippen LogP contribution >= 0.6 is 0 Å². The van der Waals surface area contributed by atoms with E-state index >= 15 is 0 Å². The number of hydrogen-bond acceptors (Lipinski definition) is 1. The SMILES string of the molecule is CC.CC1(C)CC(C)(C)CS(C)(C)(=O)NC(C)(C)C1. The van der Waals surface area contributed by atoms with Gasteiger partial charge in [-0.3, -0.25) is 8.93 Å². The van der Waals surface area contributed by atoms with Crippen molar-refractivity contribution in [3.63, 3.8) is 0 Å². The van der Waals surface area contributed by atoms with Crippen molar-refractivity contribution >= 4 is 9.25 Å². The van der Waals surface area contributed by atoms with Crippen molar-refractivity contribution in [2.24, 2.45) is 10.8 Å². The first-order valence-electron chi connectivity index (χ1n) is 7.49. The minimum atomic E-state index is -2.72. The Labute approximate surface area is 121 Å². The van der Waals surface area contributed by atoms with Crippen LogP contribution in [-0.2, 0) is 9.25 Å². The quantitative estimate of drug-likeness (QED) is 0.711. The fourth-order valence-electron chi connectivity index (χ4n) is 4.67. The Balaban J connectivity index is 0.00000154. The smallest absolute Gasteiger partial charge is 0.0238 e. The lowest BCUT2D eigenvalue weighted by atomic mass is 9.70. The van der Waals surface area contributed by atoms with E-state index in [-0.39, 0.29) is 16.4 Å². The molecule has 0 aromatic rings. The molecule has 0 unspecified atom stereocenters. The van der Waals surface area contributed by atoms with Crippen molar-refractivity contribution in [3.05, 3.63) is 0 Å². The van der Waals surface area contributed by atoms with Gasteiger partial charge in [-0.2, -0.15) is 0 Å². The molecule has 0 atom stereocenters. The summed E-state index contributed by atoms with van der Waals surface area (Å²) in [6.45, 7) is 17.5. The highest BCUT2D eigenvalue weighted by molar-refractivity contribution is 8.17. The van der Waals surface area contributed by atoms with Crippen LogP contribution in [-0.4, -0.2) is 28.0 Å². The first kappa shape index (κ1) is 19.1. The lowest BCUT2D eigenvalue weighted by Gasteiger charge is -2.53. The molecule has 1 heterocycles. The van der Waals surface area contributed by atoms with E-state index in [9.17, 15) is 4.21 Å². The molecule has 1 N–H and O–H groups in total. The predicted molar refractivity (Wildman–Crippen MR) is 90.2 cm³/mol. The molecule has 0 aromatic carbocycles. The fraction of sp³-hybridized carbons (Fsp3) is 1.00. The summed E-state index contributed by atoms with van der Waals surface area (Å²) in [6.07, 6.45) is 6.01. The highest BCUT2D eigenvalue weighted by Crippen LogP contribution is 2.45. The van der Waals surface area contributed by atoms with Crippen LogP contribution in [0.3, 0.4) is 0 Å². The molecule has 1 fully saturated rings. The van der Waals surface area contributed by atoms with Crippen LogP contribution in [0.4, 0.5) is 0 Å². The Morgan fingerprint density at radius 1 is 0.842 bits per heavy atom. The summed E-state index contributed by atoms with van der Waals surface area (Å²) >= 11 is 0. The third kappa shape index (κ3) is 6.89. The molecule has 0 aliphatic carbocycles. The highest BCUT2D eigenvalue weighted by atomic mass is 32.3. The first-order valence-corrected chi connectivity index (χ1v) is 10.4. The minimum Gasteiger partial charge on any atom is -0.269 e. The largest absolute Gasteiger partial charge is 0.269 e. The fourth-order valence-corrected chi connectivity index (χ4v) is 8.92. The van der Waals surface area contributed by atoms with Crippen LogP contribution in [0.5, 0.6) is 0 Å². The molecule has 0 aromatic heterocycles. The average molecular weight is 292 g/mol. The topological polar surface area (TPSA) is 29.1 Å². The van der Waals surface area contributed by atoms with Gasteiger partial charge in [0.15, 0.2) is 0 Å². The Hall–Kier alpha value is 0.110. The van der Waals surface area contributed by atoms with E-state index < -0.39 is 9.25 Å². The molecule has 0 spiro atoms. The lowest BCUT2D eigenvalue weighted by Crippen LogP contribution is -2.62. The molecule has 118 valence electrons. The zero-order valence-corrected chi connectivity index (χ0v) is 15.8. The van der Waals surface area contributed by atoms with E-state index in [0.717, 1.165) is 18.6 Å². The van der Waals surface area contributed by atoms with Crippen LogP contribution < -0.4 is 4.72 Å². The minimum absolute atomic E-state index is 0.0624. The Morgan fingerprint density at radius 2 is 1.26 bits per heavy atom. The van der Waals surface area contributed by atoms with Crippen molar-refractivity contribution in [3.8, 4) is 0 Å². The van der Waals surface area contributed by atoms with Gasteiger partial charge in [0, 0.05) is 23.8 Å². The first-order chi connectivity index (χ1) is 8.10. The maximum absolute atomic E-state index is 13.1. The van der Waals surface area contributed by atoms with Crippen LogP contribution in [0.25, 0.3) is 0 Å². The predicted octanol–water partition coefficient (Wildman–Crippen LogP) is 4.22. The summed E-state index contributed by atoms with van der Waals surface area (Å²) < 4.78 is 16.6. The normalized spacial score (nSPS) is 32.4. The summed E-state index contributed by atoms with van der Waals surface area (Å²) in [4.78, 5) is 0. The van der Waals surface area contributed by atoms with Gasteiger partial charge in [-0.05, 0) is 37.5 Å². The molecule has 0 bridgehead atoms. The Bertz CT molecular complexity index is 346. The van der Waals surface area contributed by atoms with Crippen molar-refractivity contribution in [2.45, 2.75) is 73.8 Å². The molecule has 1 aliphatic rings. The second-order valence-electron chi connectivity index (χ2n) is 8.88. The second-order valence-corrected chi connectivity index (χ2v) is 13.5. The second kappa shape index (κ2) is 5.14. The van der Waals surface area contributed by atoms with Crippen molar-refractivity contribution < 1.29 is 4.21 Å². The van der Waals surface area contributed by atoms with E-state index in [4.69, 9.17) is 0 Å². The molecule has 1 aliphatic heterocycles. The molecule has 3 heteroatoms. The van der Waals surface area contributed by atoms with Crippen LogP contribution in [0.2, 0.25) is 0 Å². The van der Waals surface area contributed by atoms with Crippen molar-refractivity contribution in [2.75, 3.05) is 18.3 Å². The number of nitrogens with one attached hydrogen (secondary N) is 1. The van der Waals surface area contributed by atoms with Gasteiger partial charge in [0.2, 0.25) is 0 Å². The average Bonchev–Trinajstić information content (AvgIpc) is 1.92. The maximum atomic E-state index is 13.1. The van der Waals surface area contributed by atoms with E-state index in [1.807, 2.05) is 26.4 Å². The van der Waals surface area contributed by atoms with Gasteiger partial charge < -0.3 is 0 Å². The standard InChI is InChI=1S/C14H31NOS.C2H6/c1-12(2)9-13(3,4)11-17(7,8,16)15-14(5,6)10-12;1-2/h9-11H2,1-8H3,(H,15,16);1-2H3. The monoisotopic (exact) mass is 291 g/mol. The third-order valence-electron chi connectivity index (χ3n) is 3.28. The Kier molecular flexibility index (Phi) is 5.17. The van der Waals surface area contributed by atoms with Gasteiger partial charge in [0.05, 0.1) is 0 Å². The van der Waals surface area contributed by atoms with E-state index in [1.54, 1.807) is 0 Å². The van der Waals surface area contributed by atoms with Gasteiger partial charge in [0.25, 0.3) is 0 Å². The van der Waals surface area contributed by atoms with Crippen LogP contribution in [0.1, 0.15) is 68.2 Å². The van der Waals surface area contributed by atoms with Crippen LogP contribution in [0, 0.1) is 10.8 Å². The summed E-state index contributed by atoms with van der Waals surface area (Å²) in [5.74, 6) is 0.761. The molecule has 2 nitrogen and oxygen atoms in total. The molecule has 0 radical (unpaired) electrons. The van der Waals surface area contributed by atoms with Crippen molar-refractivity contribution in [1.29, 1.82) is 0 Å². The zero-order chi connectivity index (χ0) is 15.8. The van der Waals surface area contributed by atoms with E-state index in [0.29, 0.717) is 0 Å². The molecule has 1 saturated heterocycles. The van der Waals surface area contributed by atoms with Gasteiger partial charge in [-0.25, -0.2) is 0 Å². The van der Waals surface area contributed by atoms with E-state index in [1.165, 1.54) is 0 Å². The molecular formula is C16H37NOS. The molecule has 19 heavy (non-hydrogen) atoms. The summed E-state index contributed by atoms with van der Waals surface area (Å²) in [6, 6.07) is 0. The summed E-state index contributed by atoms with van der Waals surface area (Å²) in [5, 5.41) is 0. The summed E-state index contributed by atoms with van der Waals surface area (Å²) in [7, 11) is -2.72. The Morgan fingerprint density at radius 3 is 1.68 bits per heavy atom. The van der Waals surface area contributed by atoms with Gasteiger partial charge in [-0.15, -0.1) is 0 Å². The van der Waals surface area contributed by atoms with Crippen LogP contribution in [0.15, 0.2) is 0 Å². The molecule has 0 amide bonds. The highest BCUT2D eigenvalue weighted by Gasteiger charge is 2.44. The van der Waals surface area contributed by atoms with Crippen molar-refractivity contribution in [1.82, 2.24) is 4.72 Å². The molecular weight excluding hydrogens is 254 g/mol. The van der Waals surface area contributed by atoms with Gasteiger partial charge in [-0.1, -0.05) is 50.8 Å². The summed E-state index contributed by atoms with van der Waals surface area (Å²) in [5.41, 5.74) is 0.351. The molecule has 0 saturated carbocycles. The lowest BCUT2D eigenvalue weighted by molar-refractivity contribution is 0.154. The number of rotatable bonds is 0. The van der Waals surface area contributed by atoms with Gasteiger partial charge in [0.1, 0.15) is 0 Å². The maximum Gasteiger partial charge on any atom is 0.0238 e. The third-order valence-corrected chi connectivity index (χ3v) is 6.09. The number of hydrogen-bond donors (Lipinski definition) is 1. The van der Waals surface area contributed by atoms with E-state index in [2.05, 4.69) is 46.3 Å². The molecule has 1 rings (SSSR count).